The van der Waals surface area contributed by atoms with Crippen molar-refractivity contribution >= 4 is 5.78 Å². The second-order valence-corrected chi connectivity index (χ2v) is 4.68. The molecule has 0 saturated carbocycles. The first kappa shape index (κ1) is 18.2. The highest BCUT2D eigenvalue weighted by atomic mass is 16.1. The third-order valence-electron chi connectivity index (χ3n) is 1.32. The molecule has 0 amide bonds. The van der Waals surface area contributed by atoms with Gasteiger partial charge in [0, 0.05) is 17.5 Å². The number of pyridine rings is 1. The first-order valence-corrected chi connectivity index (χ1v) is 6.28. The molecule has 1 aromatic heterocycles. The second kappa shape index (κ2) is 11.3. The predicted octanol–water partition coefficient (Wildman–Crippen LogP) is 4.67. The van der Waals surface area contributed by atoms with Crippen molar-refractivity contribution in [3.8, 4) is 0 Å². The number of aromatic nitrogens is 1. The van der Waals surface area contributed by atoms with Crippen molar-refractivity contribution in [1.82, 2.24) is 4.98 Å². The van der Waals surface area contributed by atoms with Gasteiger partial charge in [-0.1, -0.05) is 41.0 Å². The first-order valence-electron chi connectivity index (χ1n) is 6.28. The van der Waals surface area contributed by atoms with Crippen LogP contribution in [0.2, 0.25) is 0 Å². The number of ketones is 1. The van der Waals surface area contributed by atoms with E-state index in [1.807, 2.05) is 13.0 Å². The molecular weight excluding hydrogens is 210 g/mol. The molecule has 0 radical (unpaired) electrons. The molecule has 0 aliphatic heterocycles. The fourth-order valence-electron chi connectivity index (χ4n) is 0.676. The molecule has 0 unspecified atom stereocenters. The smallest absolute Gasteiger partial charge is 0.161 e. The highest BCUT2D eigenvalue weighted by Crippen LogP contribution is 1.98. The standard InChI is InChI=1S/C8H9NO.C4H10.C3H8/c1-6-3-4-8(5-9-6)7(2)10;1-4(2)3;1-3-2/h3-5H,1-2H3;4H,1-3H3;3H2,1-2H3. The lowest BCUT2D eigenvalue weighted by Crippen LogP contribution is -1.92. The molecule has 0 aliphatic rings. The molecule has 0 bridgehead atoms. The van der Waals surface area contributed by atoms with Crippen molar-refractivity contribution in [3.63, 3.8) is 0 Å². The number of hydrogen-bond acceptors (Lipinski definition) is 2. The van der Waals surface area contributed by atoms with Crippen molar-refractivity contribution in [2.24, 2.45) is 5.92 Å². The summed E-state index contributed by atoms with van der Waals surface area (Å²) in [5.41, 5.74) is 1.61. The first-order chi connectivity index (χ1) is 7.84. The lowest BCUT2D eigenvalue weighted by Gasteiger charge is -1.93. The van der Waals surface area contributed by atoms with E-state index in [9.17, 15) is 4.79 Å². The highest BCUT2D eigenvalue weighted by Gasteiger charge is 1.96. The molecule has 1 rings (SSSR count). The largest absolute Gasteiger partial charge is 0.294 e. The summed E-state index contributed by atoms with van der Waals surface area (Å²) in [6.07, 6.45) is 2.84. The van der Waals surface area contributed by atoms with Gasteiger partial charge in [0.1, 0.15) is 0 Å². The number of carbonyl (C=O) groups is 1. The van der Waals surface area contributed by atoms with Crippen LogP contribution in [0.15, 0.2) is 18.3 Å². The minimum Gasteiger partial charge on any atom is -0.294 e. The summed E-state index contributed by atoms with van der Waals surface area (Å²) in [6, 6.07) is 3.61. The van der Waals surface area contributed by atoms with Crippen molar-refractivity contribution in [3.05, 3.63) is 29.6 Å². The van der Waals surface area contributed by atoms with E-state index in [1.165, 1.54) is 13.3 Å². The highest BCUT2D eigenvalue weighted by molar-refractivity contribution is 5.93. The van der Waals surface area contributed by atoms with Crippen LogP contribution in [0.4, 0.5) is 0 Å². The maximum atomic E-state index is 10.7. The average molecular weight is 237 g/mol. The van der Waals surface area contributed by atoms with Crippen molar-refractivity contribution < 1.29 is 4.79 Å². The summed E-state index contributed by atoms with van der Waals surface area (Å²) in [4.78, 5) is 14.7. The summed E-state index contributed by atoms with van der Waals surface area (Å²) in [5, 5.41) is 0. The number of nitrogens with zero attached hydrogens (tertiary/aromatic N) is 1. The molecule has 0 aromatic carbocycles. The van der Waals surface area contributed by atoms with Crippen LogP contribution in [0.25, 0.3) is 0 Å². The summed E-state index contributed by atoms with van der Waals surface area (Å²) >= 11 is 0. The topological polar surface area (TPSA) is 30.0 Å². The number of carbonyl (C=O) groups excluding carboxylic acids is 1. The van der Waals surface area contributed by atoms with Crippen LogP contribution >= 0.6 is 0 Å². The van der Waals surface area contributed by atoms with Crippen LogP contribution in [0.3, 0.4) is 0 Å². The molecule has 0 aliphatic carbocycles. The van der Waals surface area contributed by atoms with Crippen LogP contribution in [0.1, 0.15) is 64.0 Å². The van der Waals surface area contributed by atoms with Gasteiger partial charge in [0.25, 0.3) is 0 Å². The van der Waals surface area contributed by atoms with E-state index in [4.69, 9.17) is 0 Å². The van der Waals surface area contributed by atoms with E-state index in [-0.39, 0.29) is 5.78 Å². The lowest BCUT2D eigenvalue weighted by molar-refractivity contribution is 0.101. The Kier molecular flexibility index (Phi) is 12.1. The zero-order valence-corrected chi connectivity index (χ0v) is 12.4. The van der Waals surface area contributed by atoms with Crippen molar-refractivity contribution in [2.45, 2.75) is 54.9 Å². The minimum atomic E-state index is 0.0625. The van der Waals surface area contributed by atoms with Gasteiger partial charge in [-0.05, 0) is 31.9 Å². The fraction of sp³-hybridized carbons (Fsp3) is 0.600. The van der Waals surface area contributed by atoms with E-state index in [2.05, 4.69) is 39.6 Å². The molecule has 1 aromatic rings. The zero-order chi connectivity index (χ0) is 13.8. The quantitative estimate of drug-likeness (QED) is 0.664. The van der Waals surface area contributed by atoms with Gasteiger partial charge < -0.3 is 0 Å². The van der Waals surface area contributed by atoms with Crippen LogP contribution in [-0.2, 0) is 0 Å². The van der Waals surface area contributed by atoms with E-state index in [1.54, 1.807) is 12.3 Å². The Morgan fingerprint density at radius 2 is 1.65 bits per heavy atom. The Morgan fingerprint density at radius 3 is 1.88 bits per heavy atom. The van der Waals surface area contributed by atoms with Crippen LogP contribution in [0, 0.1) is 12.8 Å². The van der Waals surface area contributed by atoms with Gasteiger partial charge in [0.2, 0.25) is 0 Å². The Morgan fingerprint density at radius 1 is 1.24 bits per heavy atom. The maximum absolute atomic E-state index is 10.7. The average Bonchev–Trinajstić information content (AvgIpc) is 2.18. The Balaban J connectivity index is 0. The van der Waals surface area contributed by atoms with E-state index < -0.39 is 0 Å². The number of hydrogen-bond donors (Lipinski definition) is 0. The summed E-state index contributed by atoms with van der Waals surface area (Å²) < 4.78 is 0. The number of Topliss-reactive ketones (excluding diaryl/α,β-unsaturated/α-hetero) is 1. The molecule has 0 fully saturated rings. The van der Waals surface area contributed by atoms with Gasteiger partial charge in [-0.25, -0.2) is 0 Å². The molecule has 1 heterocycles. The molecule has 0 atom stereocenters. The fourth-order valence-corrected chi connectivity index (χ4v) is 0.676. The van der Waals surface area contributed by atoms with Crippen LogP contribution < -0.4 is 0 Å². The monoisotopic (exact) mass is 237 g/mol. The summed E-state index contributed by atoms with van der Waals surface area (Å²) in [5.74, 6) is 0.896. The maximum Gasteiger partial charge on any atom is 0.161 e. The molecule has 2 nitrogen and oxygen atoms in total. The molecule has 2 heteroatoms. The van der Waals surface area contributed by atoms with Gasteiger partial charge in [-0.15, -0.1) is 0 Å². The Labute approximate surface area is 106 Å². The SMILES string of the molecule is CC(=O)c1ccc(C)nc1.CC(C)C.CCC. The Hall–Kier alpha value is -1.18. The van der Waals surface area contributed by atoms with Gasteiger partial charge >= 0.3 is 0 Å². The minimum absolute atomic E-state index is 0.0625. The molecule has 0 N–H and O–H groups in total. The molecule has 0 saturated heterocycles. The number of rotatable bonds is 1. The Bertz CT molecular complexity index is 286. The van der Waals surface area contributed by atoms with Gasteiger partial charge in [-0.3, -0.25) is 9.78 Å². The van der Waals surface area contributed by atoms with Gasteiger partial charge in [0.05, 0.1) is 0 Å². The van der Waals surface area contributed by atoms with E-state index >= 15 is 0 Å². The van der Waals surface area contributed by atoms with Crippen LogP contribution in [0.5, 0.6) is 0 Å². The second-order valence-electron chi connectivity index (χ2n) is 4.68. The molecule has 98 valence electrons. The lowest BCUT2D eigenvalue weighted by atomic mass is 10.2. The third kappa shape index (κ3) is 14.8. The van der Waals surface area contributed by atoms with Crippen LogP contribution in [-0.4, -0.2) is 10.8 Å². The van der Waals surface area contributed by atoms with E-state index in [0.717, 1.165) is 11.6 Å². The zero-order valence-electron chi connectivity index (χ0n) is 12.4. The summed E-state index contributed by atoms with van der Waals surface area (Å²) in [7, 11) is 0. The van der Waals surface area contributed by atoms with Gasteiger partial charge in [0.15, 0.2) is 5.78 Å². The predicted molar refractivity (Wildman–Crippen MR) is 75.5 cm³/mol. The van der Waals surface area contributed by atoms with E-state index in [0.29, 0.717) is 5.56 Å². The molecule has 17 heavy (non-hydrogen) atoms. The number of aryl methyl sites for hydroxylation is 1. The third-order valence-corrected chi connectivity index (χ3v) is 1.32. The molecular formula is C15H27NO. The van der Waals surface area contributed by atoms with Crippen molar-refractivity contribution in [1.29, 1.82) is 0 Å². The normalized spacial score (nSPS) is 8.71. The van der Waals surface area contributed by atoms with Crippen molar-refractivity contribution in [2.75, 3.05) is 0 Å². The van der Waals surface area contributed by atoms with Gasteiger partial charge in [-0.2, -0.15) is 0 Å². The molecule has 0 spiro atoms. The summed E-state index contributed by atoms with van der Waals surface area (Å²) in [6.45, 7) is 14.2.